The van der Waals surface area contributed by atoms with E-state index in [1.807, 2.05) is 32.1 Å². The minimum atomic E-state index is 0. The van der Waals surface area contributed by atoms with Crippen LogP contribution in [-0.4, -0.2) is 14.6 Å². The van der Waals surface area contributed by atoms with E-state index in [4.69, 9.17) is 5.11 Å². The Morgan fingerprint density at radius 3 is 1.70 bits per heavy atom. The summed E-state index contributed by atoms with van der Waals surface area (Å²) in [6.45, 7) is 8.35. The number of benzene rings is 1. The summed E-state index contributed by atoms with van der Waals surface area (Å²) in [4.78, 5) is 0. The van der Waals surface area contributed by atoms with Crippen LogP contribution in [0.4, 0.5) is 0 Å². The molecule has 0 saturated heterocycles. The molecule has 1 aromatic carbocycles. The van der Waals surface area contributed by atoms with Gasteiger partial charge in [-0.25, -0.2) is 12.2 Å². The summed E-state index contributed by atoms with van der Waals surface area (Å²) in [5.41, 5.74) is 2.21. The van der Waals surface area contributed by atoms with Crippen molar-refractivity contribution in [2.75, 3.05) is 0 Å². The maximum atomic E-state index is 8.99. The van der Waals surface area contributed by atoms with Crippen LogP contribution in [0.25, 0.3) is 0 Å². The average molecular weight is 367 g/mol. The van der Waals surface area contributed by atoms with Gasteiger partial charge in [0.25, 0.3) is 0 Å². The maximum Gasteiger partial charge on any atom is 0.116 e. The number of aromatic hydroxyl groups is 1. The van der Waals surface area contributed by atoms with Gasteiger partial charge in [0, 0.05) is 31.2 Å². The fraction of sp³-hybridized carbons (Fsp3) is 0.333. The molecule has 0 atom stereocenters. The molecule has 1 nitrogen and oxygen atoms in total. The third kappa shape index (κ3) is 18.0. The van der Waals surface area contributed by atoms with E-state index < -0.39 is 0 Å². The minimum absolute atomic E-state index is 0. The number of aryl methyl sites for hydroxylation is 2. The zero-order chi connectivity index (χ0) is 13.1. The molecule has 0 bridgehead atoms. The van der Waals surface area contributed by atoms with Crippen molar-refractivity contribution in [3.8, 4) is 5.75 Å². The van der Waals surface area contributed by atoms with Gasteiger partial charge in [-0.3, -0.25) is 6.08 Å². The van der Waals surface area contributed by atoms with Crippen molar-refractivity contribution in [2.24, 2.45) is 0 Å². The second-order valence-corrected chi connectivity index (χ2v) is 5.08. The maximum absolute atomic E-state index is 8.99. The first-order valence-corrected chi connectivity index (χ1v) is 8.14. The average Bonchev–Trinajstić information content (AvgIpc) is 2.73. The number of hydrogen-bond acceptors (Lipinski definition) is 1. The van der Waals surface area contributed by atoms with E-state index in [1.165, 1.54) is 0 Å². The standard InChI is InChI=1S/C8H10O.C5H5.C2H7Si.2ClH.Ti/c1-6-3-7(2)5-8(9)4-6;1-2-4-5-3-1;1-3-2;;;/h3-5,9H,1-2H3;1-3H,4H2;3H,1-2H3;2*1H;/q;-1;;;;. The Balaban J connectivity index is -0.000000102. The molecule has 0 fully saturated rings. The number of phenolic OH excluding ortho intramolecular Hbond substituents is 1. The monoisotopic (exact) mass is 366 g/mol. The molecule has 0 aromatic heterocycles. The molecule has 1 aliphatic rings. The van der Waals surface area contributed by atoms with Crippen molar-refractivity contribution in [3.05, 3.63) is 53.6 Å². The zero-order valence-corrected chi connectivity index (χ0v) is 16.9. The Kier molecular flexibility index (Phi) is 26.8. The van der Waals surface area contributed by atoms with Crippen molar-refractivity contribution in [1.29, 1.82) is 0 Å². The first-order valence-electron chi connectivity index (χ1n) is 5.83. The normalized spacial score (nSPS) is 9.60. The quantitative estimate of drug-likeness (QED) is 0.522. The van der Waals surface area contributed by atoms with Gasteiger partial charge >= 0.3 is 0 Å². The summed E-state index contributed by atoms with van der Waals surface area (Å²) in [7, 11) is 0.750. The van der Waals surface area contributed by atoms with Gasteiger partial charge in [0.2, 0.25) is 0 Å². The molecule has 1 N–H and O–H groups in total. The van der Waals surface area contributed by atoms with Gasteiger partial charge in [0.1, 0.15) is 5.75 Å². The van der Waals surface area contributed by atoms with E-state index in [2.05, 4.69) is 25.2 Å². The van der Waals surface area contributed by atoms with E-state index >= 15 is 0 Å². The first-order chi connectivity index (χ1) is 8.10. The summed E-state index contributed by atoms with van der Waals surface area (Å²) in [5.74, 6) is 0.354. The van der Waals surface area contributed by atoms with Gasteiger partial charge in [-0.1, -0.05) is 19.2 Å². The Morgan fingerprint density at radius 1 is 1.05 bits per heavy atom. The molecule has 113 valence electrons. The molecule has 20 heavy (non-hydrogen) atoms. The van der Waals surface area contributed by atoms with E-state index in [9.17, 15) is 0 Å². The summed E-state index contributed by atoms with van der Waals surface area (Å²) in [6.07, 6.45) is 10.0. The number of phenols is 1. The van der Waals surface area contributed by atoms with E-state index in [0.717, 1.165) is 27.1 Å². The van der Waals surface area contributed by atoms with Crippen LogP contribution in [0.5, 0.6) is 5.75 Å². The van der Waals surface area contributed by atoms with Gasteiger partial charge in [-0.05, 0) is 37.1 Å². The van der Waals surface area contributed by atoms with Crippen molar-refractivity contribution in [1.82, 2.24) is 0 Å². The number of hydrogen-bond donors (Lipinski definition) is 1. The van der Waals surface area contributed by atoms with Crippen molar-refractivity contribution in [2.45, 2.75) is 33.4 Å². The molecule has 1 radical (unpaired) electrons. The minimum Gasteiger partial charge on any atom is -0.508 e. The summed E-state index contributed by atoms with van der Waals surface area (Å²) in [5, 5.41) is 8.99. The fourth-order valence-corrected chi connectivity index (χ4v) is 1.29. The summed E-state index contributed by atoms with van der Waals surface area (Å²) in [6, 6.07) is 5.51. The van der Waals surface area contributed by atoms with Crippen molar-refractivity contribution in [3.63, 3.8) is 0 Å². The van der Waals surface area contributed by atoms with E-state index in [0.29, 0.717) is 5.75 Å². The number of halogens is 2. The molecule has 0 saturated carbocycles. The van der Waals surface area contributed by atoms with Crippen LogP contribution in [0.3, 0.4) is 0 Å². The molecular weight excluding hydrogens is 343 g/mol. The molecule has 0 amide bonds. The van der Waals surface area contributed by atoms with Crippen molar-refractivity contribution >= 4 is 34.3 Å². The third-order valence-electron chi connectivity index (χ3n) is 1.79. The second-order valence-electron chi connectivity index (χ2n) is 3.93. The van der Waals surface area contributed by atoms with Crippen LogP contribution in [-0.2, 0) is 21.7 Å². The third-order valence-corrected chi connectivity index (χ3v) is 1.79. The smallest absolute Gasteiger partial charge is 0.116 e. The van der Waals surface area contributed by atoms with Crippen LogP contribution in [0, 0.1) is 19.9 Å². The zero-order valence-electron chi connectivity index (χ0n) is 12.5. The molecule has 0 spiro atoms. The predicted octanol–water partition coefficient (Wildman–Crippen LogP) is 4.67. The Morgan fingerprint density at radius 2 is 1.50 bits per heavy atom. The molecule has 0 aliphatic heterocycles. The van der Waals surface area contributed by atoms with Gasteiger partial charge in [-0.15, -0.1) is 31.2 Å². The second kappa shape index (κ2) is 19.0. The Labute approximate surface area is 153 Å². The molecule has 1 aliphatic carbocycles. The van der Waals surface area contributed by atoms with Crippen LogP contribution in [0.2, 0.25) is 13.1 Å². The van der Waals surface area contributed by atoms with Gasteiger partial charge in [-0.2, -0.15) is 6.08 Å². The van der Waals surface area contributed by atoms with E-state index in [1.54, 1.807) is 12.1 Å². The molecule has 2 rings (SSSR count). The summed E-state index contributed by atoms with van der Waals surface area (Å²) < 4.78 is 0. The van der Waals surface area contributed by atoms with E-state index in [-0.39, 0.29) is 46.5 Å². The van der Waals surface area contributed by atoms with Crippen LogP contribution in [0.15, 0.2) is 36.4 Å². The topological polar surface area (TPSA) is 20.2 Å². The summed E-state index contributed by atoms with van der Waals surface area (Å²) >= 11 is 0. The number of allylic oxidation sites excluding steroid dienone is 4. The largest absolute Gasteiger partial charge is 0.508 e. The molecule has 0 heterocycles. The number of rotatable bonds is 0. The molecule has 1 aromatic rings. The van der Waals surface area contributed by atoms with Crippen LogP contribution < -0.4 is 0 Å². The van der Waals surface area contributed by atoms with Gasteiger partial charge in [0.15, 0.2) is 0 Å². The SMILES string of the molecule is C[SiH]C.Cc1cc(C)cc(O)c1.Cl.Cl.[C-]1=CC=CC1.[Ti]. The molecule has 0 unspecified atom stereocenters. The van der Waals surface area contributed by atoms with Gasteiger partial charge in [0.05, 0.1) is 0 Å². The molecular formula is C15H24Cl2OSiTi-. The first kappa shape index (κ1) is 28.2. The Hall–Kier alpha value is 0.0112. The predicted molar refractivity (Wildman–Crippen MR) is 92.5 cm³/mol. The Bertz CT molecular complexity index is 322. The van der Waals surface area contributed by atoms with Gasteiger partial charge < -0.3 is 5.11 Å². The van der Waals surface area contributed by atoms with Crippen LogP contribution in [0.1, 0.15) is 17.5 Å². The van der Waals surface area contributed by atoms with Crippen molar-refractivity contribution < 1.29 is 26.8 Å². The molecule has 5 heteroatoms. The fourth-order valence-electron chi connectivity index (χ4n) is 1.29. The van der Waals surface area contributed by atoms with Crippen LogP contribution >= 0.6 is 24.8 Å².